The minimum absolute atomic E-state index is 0.0230. The van der Waals surface area contributed by atoms with Gasteiger partial charge in [-0.2, -0.15) is 0 Å². The molecule has 0 aliphatic rings. The van der Waals surface area contributed by atoms with Crippen molar-refractivity contribution in [1.29, 1.82) is 0 Å². The van der Waals surface area contributed by atoms with Crippen LogP contribution >= 0.6 is 0 Å². The van der Waals surface area contributed by atoms with Crippen LogP contribution in [0.15, 0.2) is 18.2 Å². The molecule has 0 aromatic heterocycles. The number of carbonyl (C=O) groups is 1. The molecular weight excluding hydrogens is 216 g/mol. The van der Waals surface area contributed by atoms with Crippen molar-refractivity contribution < 1.29 is 14.3 Å². The second-order valence-electron chi connectivity index (χ2n) is 3.88. The molecule has 0 atom stereocenters. The van der Waals surface area contributed by atoms with Gasteiger partial charge in [-0.3, -0.25) is 4.79 Å². The molecule has 0 bridgehead atoms. The molecule has 0 aliphatic heterocycles. The normalized spacial score (nSPS) is 10.9. The summed E-state index contributed by atoms with van der Waals surface area (Å²) in [5.74, 6) is 1.25. The van der Waals surface area contributed by atoms with Crippen molar-refractivity contribution in [2.45, 2.75) is 26.9 Å². The van der Waals surface area contributed by atoms with Gasteiger partial charge in [0.1, 0.15) is 0 Å². The summed E-state index contributed by atoms with van der Waals surface area (Å²) in [6.45, 7) is 5.77. The van der Waals surface area contributed by atoms with Crippen molar-refractivity contribution in [3.8, 4) is 11.5 Å². The molecule has 17 heavy (non-hydrogen) atoms. The van der Waals surface area contributed by atoms with E-state index in [1.807, 2.05) is 32.9 Å². The number of carbonyl (C=O) groups excluding carboxylic acids is 1. The summed E-state index contributed by atoms with van der Waals surface area (Å²) in [5.41, 5.74) is 1.36. The fraction of sp³-hybridized carbons (Fsp3) is 0.357. The van der Waals surface area contributed by atoms with E-state index in [-0.39, 0.29) is 6.10 Å². The Morgan fingerprint density at radius 2 is 2.00 bits per heavy atom. The maximum Gasteiger partial charge on any atom is 0.169 e. The monoisotopic (exact) mass is 234 g/mol. The van der Waals surface area contributed by atoms with Crippen LogP contribution < -0.4 is 9.47 Å². The summed E-state index contributed by atoms with van der Waals surface area (Å²) in [6.07, 6.45) is 4.57. The third-order valence-corrected chi connectivity index (χ3v) is 2.23. The van der Waals surface area contributed by atoms with E-state index in [0.717, 1.165) is 11.8 Å². The Morgan fingerprint density at radius 3 is 2.47 bits per heavy atom. The Balaban J connectivity index is 3.40. The number of ether oxygens (including phenoxy) is 2. The number of rotatable bonds is 5. The van der Waals surface area contributed by atoms with Crippen LogP contribution in [0.3, 0.4) is 0 Å². The summed E-state index contributed by atoms with van der Waals surface area (Å²) in [5, 5.41) is 0. The molecule has 3 nitrogen and oxygen atoms in total. The first-order valence-electron chi connectivity index (χ1n) is 5.59. The predicted molar refractivity (Wildman–Crippen MR) is 68.9 cm³/mol. The Kier molecular flexibility index (Phi) is 4.76. The van der Waals surface area contributed by atoms with Gasteiger partial charge in [0.05, 0.1) is 13.2 Å². The van der Waals surface area contributed by atoms with Crippen LogP contribution in [0.25, 0.3) is 6.08 Å². The predicted octanol–water partition coefficient (Wildman–Crippen LogP) is 3.33. The zero-order valence-electron chi connectivity index (χ0n) is 10.7. The van der Waals surface area contributed by atoms with Crippen molar-refractivity contribution >= 4 is 12.4 Å². The SMILES string of the molecule is CC=Cc1c(C=O)ccc(OC)c1OC(C)C. The fourth-order valence-corrected chi connectivity index (χ4v) is 1.55. The first kappa shape index (κ1) is 13.3. The Morgan fingerprint density at radius 1 is 1.29 bits per heavy atom. The number of benzene rings is 1. The molecule has 0 fully saturated rings. The van der Waals surface area contributed by atoms with E-state index in [9.17, 15) is 4.79 Å². The van der Waals surface area contributed by atoms with Crippen LogP contribution in [-0.2, 0) is 0 Å². The van der Waals surface area contributed by atoms with E-state index in [2.05, 4.69) is 0 Å². The molecule has 0 radical (unpaired) electrons. The number of aldehydes is 1. The lowest BCUT2D eigenvalue weighted by Gasteiger charge is -2.17. The van der Waals surface area contributed by atoms with Crippen molar-refractivity contribution in [2.75, 3.05) is 7.11 Å². The molecule has 92 valence electrons. The van der Waals surface area contributed by atoms with E-state index < -0.39 is 0 Å². The van der Waals surface area contributed by atoms with Crippen molar-refractivity contribution in [2.24, 2.45) is 0 Å². The summed E-state index contributed by atoms with van der Waals surface area (Å²) in [6, 6.07) is 3.47. The van der Waals surface area contributed by atoms with Crippen LogP contribution in [-0.4, -0.2) is 19.5 Å². The molecule has 0 spiro atoms. The molecule has 1 rings (SSSR count). The van der Waals surface area contributed by atoms with Crippen molar-refractivity contribution in [3.63, 3.8) is 0 Å². The molecule has 0 unspecified atom stereocenters. The molecule has 0 amide bonds. The second-order valence-corrected chi connectivity index (χ2v) is 3.88. The highest BCUT2D eigenvalue weighted by atomic mass is 16.5. The second kappa shape index (κ2) is 6.09. The van der Waals surface area contributed by atoms with Gasteiger partial charge >= 0.3 is 0 Å². The number of hydrogen-bond acceptors (Lipinski definition) is 3. The lowest BCUT2D eigenvalue weighted by Crippen LogP contribution is -2.09. The van der Waals surface area contributed by atoms with Gasteiger partial charge in [0.25, 0.3) is 0 Å². The van der Waals surface area contributed by atoms with E-state index in [0.29, 0.717) is 17.1 Å². The third kappa shape index (κ3) is 3.09. The zero-order valence-corrected chi connectivity index (χ0v) is 10.7. The van der Waals surface area contributed by atoms with Crippen molar-refractivity contribution in [3.05, 3.63) is 29.3 Å². The molecule has 3 heteroatoms. The standard InChI is InChI=1S/C14H18O3/c1-5-6-12-11(9-15)7-8-13(16-4)14(12)17-10(2)3/h5-10H,1-4H3. The third-order valence-electron chi connectivity index (χ3n) is 2.23. The van der Waals surface area contributed by atoms with Crippen LogP contribution in [0.2, 0.25) is 0 Å². The molecule has 0 saturated carbocycles. The van der Waals surface area contributed by atoms with Crippen LogP contribution in [0.5, 0.6) is 11.5 Å². The molecule has 1 aromatic rings. The molecule has 1 aromatic carbocycles. The van der Waals surface area contributed by atoms with Gasteiger partial charge in [-0.05, 0) is 32.9 Å². The first-order chi connectivity index (χ1) is 8.13. The Bertz CT molecular complexity index is 420. The maximum absolute atomic E-state index is 11.0. The lowest BCUT2D eigenvalue weighted by atomic mass is 10.1. The smallest absolute Gasteiger partial charge is 0.169 e. The van der Waals surface area contributed by atoms with E-state index in [4.69, 9.17) is 9.47 Å². The van der Waals surface area contributed by atoms with Crippen molar-refractivity contribution in [1.82, 2.24) is 0 Å². The molecule has 0 heterocycles. The number of allylic oxidation sites excluding steroid dienone is 1. The Labute approximate surface area is 102 Å². The van der Waals surface area contributed by atoms with Gasteiger partial charge in [0.2, 0.25) is 0 Å². The highest BCUT2D eigenvalue weighted by Gasteiger charge is 2.14. The summed E-state index contributed by atoms with van der Waals surface area (Å²) in [7, 11) is 1.59. The van der Waals surface area contributed by atoms with E-state index in [1.54, 1.807) is 19.2 Å². The van der Waals surface area contributed by atoms with Gasteiger partial charge in [-0.15, -0.1) is 0 Å². The van der Waals surface area contributed by atoms with Crippen LogP contribution in [0.4, 0.5) is 0 Å². The van der Waals surface area contributed by atoms with Gasteiger partial charge in [0, 0.05) is 11.1 Å². The highest BCUT2D eigenvalue weighted by Crippen LogP contribution is 2.35. The minimum atomic E-state index is 0.0230. The molecule has 0 saturated heterocycles. The van der Waals surface area contributed by atoms with Crippen LogP contribution in [0, 0.1) is 0 Å². The molecule has 0 aliphatic carbocycles. The van der Waals surface area contributed by atoms with E-state index >= 15 is 0 Å². The molecule has 0 N–H and O–H groups in total. The summed E-state index contributed by atoms with van der Waals surface area (Å²) < 4.78 is 11.0. The molecular formula is C14H18O3. The van der Waals surface area contributed by atoms with Gasteiger partial charge in [0.15, 0.2) is 17.8 Å². The minimum Gasteiger partial charge on any atom is -0.493 e. The topological polar surface area (TPSA) is 35.5 Å². The largest absolute Gasteiger partial charge is 0.493 e. The summed E-state index contributed by atoms with van der Waals surface area (Å²) >= 11 is 0. The van der Waals surface area contributed by atoms with Crippen LogP contribution in [0.1, 0.15) is 36.7 Å². The van der Waals surface area contributed by atoms with E-state index in [1.165, 1.54) is 0 Å². The average molecular weight is 234 g/mol. The highest BCUT2D eigenvalue weighted by molar-refractivity contribution is 5.85. The lowest BCUT2D eigenvalue weighted by molar-refractivity contribution is 0.112. The number of hydrogen-bond donors (Lipinski definition) is 0. The average Bonchev–Trinajstić information content (AvgIpc) is 2.30. The van der Waals surface area contributed by atoms with Gasteiger partial charge in [-0.1, -0.05) is 12.2 Å². The maximum atomic E-state index is 11.0. The Hall–Kier alpha value is -1.77. The fourth-order valence-electron chi connectivity index (χ4n) is 1.55. The quantitative estimate of drug-likeness (QED) is 0.733. The van der Waals surface area contributed by atoms with Gasteiger partial charge in [-0.25, -0.2) is 0 Å². The zero-order chi connectivity index (χ0) is 12.8. The first-order valence-corrected chi connectivity index (χ1v) is 5.59. The number of methoxy groups -OCH3 is 1. The van der Waals surface area contributed by atoms with Gasteiger partial charge < -0.3 is 9.47 Å². The summed E-state index contributed by atoms with van der Waals surface area (Å²) in [4.78, 5) is 11.0.